The van der Waals surface area contributed by atoms with E-state index in [1.54, 1.807) is 31.2 Å². The Morgan fingerprint density at radius 1 is 1.36 bits per heavy atom. The number of carbonyl (C=O) groups is 1. The van der Waals surface area contributed by atoms with Gasteiger partial charge in [0.1, 0.15) is 5.75 Å². The van der Waals surface area contributed by atoms with Crippen LogP contribution in [0.4, 0.5) is 4.79 Å². The molecule has 1 aromatic rings. The predicted molar refractivity (Wildman–Crippen MR) is 37.9 cm³/mol. The molecule has 0 unspecified atom stereocenters. The van der Waals surface area contributed by atoms with Gasteiger partial charge in [-0.25, -0.2) is 0 Å². The second-order valence-corrected chi connectivity index (χ2v) is 2.12. The Labute approximate surface area is 64.2 Å². The maximum Gasteiger partial charge on any atom is 0.555 e. The molecule has 0 amide bonds. The molecule has 1 aromatic carbocycles. The minimum absolute atomic E-state index is 0.326. The van der Waals surface area contributed by atoms with Crippen LogP contribution in [0.5, 0.6) is 5.75 Å². The second-order valence-electron chi connectivity index (χ2n) is 2.12. The molecule has 0 N–H and O–H groups in total. The molecule has 0 heterocycles. The fraction of sp³-hybridized carbons (Fsp3) is 0.125. The smallest absolute Gasteiger partial charge is 0.392 e. The molecule has 0 aromatic heterocycles. The number of hydrogen-bond donors (Lipinski definition) is 0. The minimum atomic E-state index is -1.53. The van der Waals surface area contributed by atoms with Crippen LogP contribution in [-0.4, -0.2) is 6.16 Å². The van der Waals surface area contributed by atoms with Gasteiger partial charge < -0.3 is 4.74 Å². The van der Waals surface area contributed by atoms with E-state index in [0.29, 0.717) is 5.75 Å². The molecule has 0 saturated heterocycles. The highest BCUT2D eigenvalue weighted by Crippen LogP contribution is 2.15. The highest BCUT2D eigenvalue weighted by molar-refractivity contribution is 5.61. The average Bonchev–Trinajstić information content (AvgIpc) is 1.93. The molecule has 0 aliphatic heterocycles. The molecule has 0 fully saturated rings. The molecule has 0 saturated carbocycles. The van der Waals surface area contributed by atoms with E-state index in [1.807, 2.05) is 0 Å². The summed E-state index contributed by atoms with van der Waals surface area (Å²) in [5.41, 5.74) is 0.775. The third-order valence-corrected chi connectivity index (χ3v) is 1.29. The Bertz CT molecular complexity index is 268. The SMILES string of the molecule is Cc1ccccc1OC([O])=O. The van der Waals surface area contributed by atoms with Crippen LogP contribution < -0.4 is 4.74 Å². The minimum Gasteiger partial charge on any atom is -0.392 e. The van der Waals surface area contributed by atoms with Gasteiger partial charge >= 0.3 is 6.16 Å². The van der Waals surface area contributed by atoms with Crippen LogP contribution >= 0.6 is 0 Å². The number of ether oxygens (including phenoxy) is 1. The number of benzene rings is 1. The molecule has 3 nitrogen and oxygen atoms in total. The van der Waals surface area contributed by atoms with Crippen LogP contribution in [0.25, 0.3) is 0 Å². The van der Waals surface area contributed by atoms with Gasteiger partial charge in [-0.1, -0.05) is 18.2 Å². The van der Waals surface area contributed by atoms with Gasteiger partial charge in [0.05, 0.1) is 0 Å². The molecule has 57 valence electrons. The molecular weight excluding hydrogens is 144 g/mol. The van der Waals surface area contributed by atoms with Crippen molar-refractivity contribution in [3.05, 3.63) is 29.8 Å². The first-order chi connectivity index (χ1) is 5.20. The van der Waals surface area contributed by atoms with Crippen molar-refractivity contribution in [2.24, 2.45) is 0 Å². The standard InChI is InChI=1S/C8H7O3/c1-6-4-2-3-5-7(6)11-8(9)10/h2-5H,1H3. The summed E-state index contributed by atoms with van der Waals surface area (Å²) in [6.45, 7) is 1.76. The third kappa shape index (κ3) is 1.97. The maximum atomic E-state index is 9.99. The van der Waals surface area contributed by atoms with Crippen LogP contribution in [0.2, 0.25) is 0 Å². The maximum absolute atomic E-state index is 9.99. The molecule has 0 aliphatic rings. The first-order valence-electron chi connectivity index (χ1n) is 3.14. The summed E-state index contributed by atoms with van der Waals surface area (Å²) in [5.74, 6) is 0.326. The number of para-hydroxylation sites is 1. The van der Waals surface area contributed by atoms with E-state index in [2.05, 4.69) is 4.74 Å². The lowest BCUT2D eigenvalue weighted by Crippen LogP contribution is -2.02. The fourth-order valence-corrected chi connectivity index (χ4v) is 0.761. The summed E-state index contributed by atoms with van der Waals surface area (Å²) in [7, 11) is 0. The molecular formula is C8H7O3. The van der Waals surface area contributed by atoms with E-state index in [-0.39, 0.29) is 0 Å². The van der Waals surface area contributed by atoms with Crippen molar-refractivity contribution in [3.63, 3.8) is 0 Å². The van der Waals surface area contributed by atoms with E-state index in [9.17, 15) is 9.90 Å². The molecule has 11 heavy (non-hydrogen) atoms. The monoisotopic (exact) mass is 151 g/mol. The average molecular weight is 151 g/mol. The lowest BCUT2D eigenvalue weighted by atomic mass is 10.2. The molecule has 0 atom stereocenters. The number of rotatable bonds is 1. The number of carbonyl (C=O) groups excluding carboxylic acids is 1. The number of aryl methyl sites for hydroxylation is 1. The Morgan fingerprint density at radius 2 is 2.00 bits per heavy atom. The molecule has 0 aliphatic carbocycles. The van der Waals surface area contributed by atoms with Crippen molar-refractivity contribution in [1.82, 2.24) is 0 Å². The van der Waals surface area contributed by atoms with Crippen molar-refractivity contribution >= 4 is 6.16 Å². The van der Waals surface area contributed by atoms with E-state index >= 15 is 0 Å². The zero-order valence-electron chi connectivity index (χ0n) is 6.03. The summed E-state index contributed by atoms with van der Waals surface area (Å²) in [6.07, 6.45) is -1.53. The van der Waals surface area contributed by atoms with Crippen LogP contribution in [0.1, 0.15) is 5.56 Å². The van der Waals surface area contributed by atoms with Gasteiger partial charge in [0, 0.05) is 0 Å². The third-order valence-electron chi connectivity index (χ3n) is 1.29. The second kappa shape index (κ2) is 3.05. The van der Waals surface area contributed by atoms with E-state index < -0.39 is 6.16 Å². The Kier molecular flexibility index (Phi) is 2.11. The Balaban J connectivity index is 2.86. The van der Waals surface area contributed by atoms with Gasteiger partial charge in [0.2, 0.25) is 0 Å². The quantitative estimate of drug-likeness (QED) is 0.454. The first-order valence-corrected chi connectivity index (χ1v) is 3.14. The molecule has 1 rings (SSSR count). The van der Waals surface area contributed by atoms with E-state index in [0.717, 1.165) is 5.56 Å². The van der Waals surface area contributed by atoms with Crippen LogP contribution in [-0.2, 0) is 5.11 Å². The number of hydrogen-bond acceptors (Lipinski definition) is 2. The Morgan fingerprint density at radius 3 is 2.55 bits per heavy atom. The lowest BCUT2D eigenvalue weighted by molar-refractivity contribution is 0.117. The van der Waals surface area contributed by atoms with Gasteiger partial charge in [-0.3, -0.25) is 0 Å². The summed E-state index contributed by atoms with van der Waals surface area (Å²) in [6, 6.07) is 6.84. The van der Waals surface area contributed by atoms with Gasteiger partial charge in [-0.2, -0.15) is 9.90 Å². The van der Waals surface area contributed by atoms with Gasteiger partial charge in [-0.15, -0.1) is 0 Å². The summed E-state index contributed by atoms with van der Waals surface area (Å²) < 4.78 is 4.35. The fourth-order valence-electron chi connectivity index (χ4n) is 0.761. The summed E-state index contributed by atoms with van der Waals surface area (Å²) in [4.78, 5) is 9.99. The van der Waals surface area contributed by atoms with Crippen LogP contribution in [0.15, 0.2) is 24.3 Å². The van der Waals surface area contributed by atoms with Crippen molar-refractivity contribution in [2.75, 3.05) is 0 Å². The zero-order chi connectivity index (χ0) is 8.27. The summed E-state index contributed by atoms with van der Waals surface area (Å²) >= 11 is 0. The normalized spacial score (nSPS) is 9.18. The van der Waals surface area contributed by atoms with Gasteiger partial charge in [0.15, 0.2) is 0 Å². The van der Waals surface area contributed by atoms with E-state index in [1.165, 1.54) is 0 Å². The molecule has 0 bridgehead atoms. The zero-order valence-corrected chi connectivity index (χ0v) is 6.03. The van der Waals surface area contributed by atoms with E-state index in [4.69, 9.17) is 0 Å². The first kappa shape index (κ1) is 7.60. The molecule has 3 heteroatoms. The van der Waals surface area contributed by atoms with Crippen molar-refractivity contribution in [1.29, 1.82) is 0 Å². The predicted octanol–water partition coefficient (Wildman–Crippen LogP) is 1.92. The lowest BCUT2D eigenvalue weighted by Gasteiger charge is -2.00. The van der Waals surface area contributed by atoms with Gasteiger partial charge in [-0.05, 0) is 18.6 Å². The summed E-state index contributed by atoms with van der Waals surface area (Å²) in [5, 5.41) is 9.99. The van der Waals surface area contributed by atoms with Gasteiger partial charge in [0.25, 0.3) is 0 Å². The van der Waals surface area contributed by atoms with Crippen molar-refractivity contribution in [2.45, 2.75) is 6.92 Å². The highest BCUT2D eigenvalue weighted by Gasteiger charge is 2.03. The van der Waals surface area contributed by atoms with Crippen LogP contribution in [0.3, 0.4) is 0 Å². The largest absolute Gasteiger partial charge is 0.555 e. The van der Waals surface area contributed by atoms with Crippen molar-refractivity contribution in [3.8, 4) is 5.75 Å². The molecule has 1 radical (unpaired) electrons. The van der Waals surface area contributed by atoms with Crippen LogP contribution in [0, 0.1) is 6.92 Å². The highest BCUT2D eigenvalue weighted by atomic mass is 16.7. The van der Waals surface area contributed by atoms with Crippen molar-refractivity contribution < 1.29 is 14.6 Å². The topological polar surface area (TPSA) is 46.2 Å². The molecule has 0 spiro atoms. The Hall–Kier alpha value is -1.51.